The van der Waals surface area contributed by atoms with E-state index in [4.69, 9.17) is 9.47 Å². The highest BCUT2D eigenvalue weighted by atomic mass is 16.5. The molecule has 2 fully saturated rings. The SMILES string of the molecule is CC1CN(C(=O)CNc2cccc(OC3CCCC3)c2)CC(C)O1. The zero-order chi connectivity index (χ0) is 16.9. The van der Waals surface area contributed by atoms with E-state index in [0.29, 0.717) is 25.7 Å². The van der Waals surface area contributed by atoms with Crippen molar-refractivity contribution in [2.45, 2.75) is 57.8 Å². The molecule has 0 radical (unpaired) electrons. The molecule has 1 saturated carbocycles. The number of ether oxygens (including phenoxy) is 2. The number of anilines is 1. The Hall–Kier alpha value is -1.75. The molecule has 132 valence electrons. The highest BCUT2D eigenvalue weighted by Crippen LogP contribution is 2.25. The summed E-state index contributed by atoms with van der Waals surface area (Å²) >= 11 is 0. The van der Waals surface area contributed by atoms with Gasteiger partial charge in [-0.2, -0.15) is 0 Å². The molecule has 1 aliphatic heterocycles. The van der Waals surface area contributed by atoms with E-state index in [9.17, 15) is 4.79 Å². The van der Waals surface area contributed by atoms with Gasteiger partial charge in [-0.05, 0) is 51.7 Å². The molecule has 2 atom stereocenters. The van der Waals surface area contributed by atoms with Gasteiger partial charge in [0.2, 0.25) is 5.91 Å². The van der Waals surface area contributed by atoms with Gasteiger partial charge < -0.3 is 19.7 Å². The molecule has 3 rings (SSSR count). The molecule has 0 bridgehead atoms. The van der Waals surface area contributed by atoms with Crippen LogP contribution in [-0.2, 0) is 9.53 Å². The van der Waals surface area contributed by atoms with E-state index in [1.54, 1.807) is 0 Å². The molecule has 1 aromatic rings. The first-order chi connectivity index (χ1) is 11.6. The molecule has 1 saturated heterocycles. The van der Waals surface area contributed by atoms with Gasteiger partial charge in [-0.25, -0.2) is 0 Å². The minimum absolute atomic E-state index is 0.0980. The third-order valence-electron chi connectivity index (χ3n) is 4.66. The first-order valence-corrected chi connectivity index (χ1v) is 9.04. The van der Waals surface area contributed by atoms with Gasteiger partial charge >= 0.3 is 0 Å². The molecule has 2 unspecified atom stereocenters. The molecule has 1 aliphatic carbocycles. The molecule has 2 aliphatic rings. The lowest BCUT2D eigenvalue weighted by Gasteiger charge is -2.35. The summed E-state index contributed by atoms with van der Waals surface area (Å²) < 4.78 is 11.7. The van der Waals surface area contributed by atoms with Crippen molar-refractivity contribution >= 4 is 11.6 Å². The van der Waals surface area contributed by atoms with Crippen molar-refractivity contribution in [1.82, 2.24) is 4.90 Å². The second-order valence-electron chi connectivity index (χ2n) is 6.96. The molecule has 24 heavy (non-hydrogen) atoms. The fourth-order valence-corrected chi connectivity index (χ4v) is 3.55. The Kier molecular flexibility index (Phi) is 5.61. The van der Waals surface area contributed by atoms with Crippen molar-refractivity contribution in [3.8, 4) is 5.75 Å². The number of nitrogens with zero attached hydrogens (tertiary/aromatic N) is 1. The van der Waals surface area contributed by atoms with Crippen LogP contribution in [0.5, 0.6) is 5.75 Å². The van der Waals surface area contributed by atoms with E-state index in [1.165, 1.54) is 12.8 Å². The van der Waals surface area contributed by atoms with Crippen LogP contribution in [-0.4, -0.2) is 48.8 Å². The number of hydrogen-bond acceptors (Lipinski definition) is 4. The van der Waals surface area contributed by atoms with Gasteiger partial charge in [0.05, 0.1) is 24.9 Å². The Morgan fingerprint density at radius 1 is 1.25 bits per heavy atom. The first-order valence-electron chi connectivity index (χ1n) is 9.04. The van der Waals surface area contributed by atoms with Crippen LogP contribution in [0.3, 0.4) is 0 Å². The molecule has 1 aromatic carbocycles. The molecule has 5 heteroatoms. The average molecular weight is 332 g/mol. The lowest BCUT2D eigenvalue weighted by atomic mass is 10.2. The van der Waals surface area contributed by atoms with Crippen molar-refractivity contribution < 1.29 is 14.3 Å². The second kappa shape index (κ2) is 7.88. The summed E-state index contributed by atoms with van der Waals surface area (Å²) in [6, 6.07) is 7.90. The number of amides is 1. The summed E-state index contributed by atoms with van der Waals surface area (Å²) in [6.07, 6.45) is 5.34. The summed E-state index contributed by atoms with van der Waals surface area (Å²) in [5.74, 6) is 0.993. The van der Waals surface area contributed by atoms with Gasteiger partial charge in [-0.1, -0.05) is 6.07 Å². The van der Waals surface area contributed by atoms with Crippen molar-refractivity contribution in [3.63, 3.8) is 0 Å². The average Bonchev–Trinajstić information content (AvgIpc) is 3.05. The summed E-state index contributed by atoms with van der Waals surface area (Å²) in [5, 5.41) is 3.22. The fourth-order valence-electron chi connectivity index (χ4n) is 3.55. The van der Waals surface area contributed by atoms with Crippen molar-refractivity contribution in [1.29, 1.82) is 0 Å². The van der Waals surface area contributed by atoms with Crippen LogP contribution in [0, 0.1) is 0 Å². The van der Waals surface area contributed by atoms with Gasteiger partial charge in [0.1, 0.15) is 5.75 Å². The molecule has 1 heterocycles. The number of rotatable bonds is 5. The van der Waals surface area contributed by atoms with E-state index in [2.05, 4.69) is 5.32 Å². The van der Waals surface area contributed by atoms with Crippen LogP contribution >= 0.6 is 0 Å². The normalized spacial score (nSPS) is 24.8. The van der Waals surface area contributed by atoms with Crippen LogP contribution in [0.1, 0.15) is 39.5 Å². The standard InChI is InChI=1S/C19H28N2O3/c1-14-12-21(13-15(2)23-14)19(22)11-20-16-6-5-9-18(10-16)24-17-7-3-4-8-17/h5-6,9-10,14-15,17,20H,3-4,7-8,11-13H2,1-2H3. The predicted molar refractivity (Wildman–Crippen MR) is 94.4 cm³/mol. The number of morpholine rings is 1. The second-order valence-corrected chi connectivity index (χ2v) is 6.96. The number of carbonyl (C=O) groups is 1. The van der Waals surface area contributed by atoms with Crippen LogP contribution < -0.4 is 10.1 Å². The molecule has 1 amide bonds. The van der Waals surface area contributed by atoms with Crippen LogP contribution in [0.4, 0.5) is 5.69 Å². The largest absolute Gasteiger partial charge is 0.490 e. The van der Waals surface area contributed by atoms with Crippen molar-refractivity contribution in [2.24, 2.45) is 0 Å². The van der Waals surface area contributed by atoms with Crippen LogP contribution in [0.2, 0.25) is 0 Å². The maximum absolute atomic E-state index is 12.4. The Morgan fingerprint density at radius 3 is 2.67 bits per heavy atom. The van der Waals surface area contributed by atoms with Gasteiger partial charge in [-0.15, -0.1) is 0 Å². The Morgan fingerprint density at radius 2 is 1.96 bits per heavy atom. The van der Waals surface area contributed by atoms with Gasteiger partial charge in [0.15, 0.2) is 0 Å². The zero-order valence-corrected chi connectivity index (χ0v) is 14.7. The molecular formula is C19H28N2O3. The Labute approximate surface area is 144 Å². The maximum atomic E-state index is 12.4. The fraction of sp³-hybridized carbons (Fsp3) is 0.632. The van der Waals surface area contributed by atoms with E-state index >= 15 is 0 Å². The lowest BCUT2D eigenvalue weighted by Crippen LogP contribution is -2.49. The van der Waals surface area contributed by atoms with Crippen molar-refractivity contribution in [3.05, 3.63) is 24.3 Å². The topological polar surface area (TPSA) is 50.8 Å². The molecule has 5 nitrogen and oxygen atoms in total. The summed E-state index contributed by atoms with van der Waals surface area (Å²) in [6.45, 7) is 5.64. The quantitative estimate of drug-likeness (QED) is 0.900. The van der Waals surface area contributed by atoms with E-state index in [-0.39, 0.29) is 18.1 Å². The minimum atomic E-state index is 0.0980. The van der Waals surface area contributed by atoms with Crippen LogP contribution in [0.15, 0.2) is 24.3 Å². The number of benzene rings is 1. The van der Waals surface area contributed by atoms with E-state index < -0.39 is 0 Å². The molecule has 0 aromatic heterocycles. The third kappa shape index (κ3) is 4.63. The summed E-state index contributed by atoms with van der Waals surface area (Å²) in [5.41, 5.74) is 0.924. The summed E-state index contributed by atoms with van der Waals surface area (Å²) in [4.78, 5) is 14.3. The maximum Gasteiger partial charge on any atom is 0.242 e. The summed E-state index contributed by atoms with van der Waals surface area (Å²) in [7, 11) is 0. The van der Waals surface area contributed by atoms with Gasteiger partial charge in [0, 0.05) is 24.8 Å². The van der Waals surface area contributed by atoms with E-state index in [0.717, 1.165) is 24.3 Å². The highest BCUT2D eigenvalue weighted by molar-refractivity contribution is 5.81. The zero-order valence-electron chi connectivity index (χ0n) is 14.7. The van der Waals surface area contributed by atoms with Gasteiger partial charge in [0.25, 0.3) is 0 Å². The number of hydrogen-bond donors (Lipinski definition) is 1. The predicted octanol–water partition coefficient (Wildman–Crippen LogP) is 3.06. The Bertz CT molecular complexity index is 547. The van der Waals surface area contributed by atoms with Crippen LogP contribution in [0.25, 0.3) is 0 Å². The van der Waals surface area contributed by atoms with E-state index in [1.807, 2.05) is 43.0 Å². The Balaban J connectivity index is 1.51. The minimum Gasteiger partial charge on any atom is -0.490 e. The number of carbonyl (C=O) groups excluding carboxylic acids is 1. The first kappa shape index (κ1) is 17.1. The molecular weight excluding hydrogens is 304 g/mol. The van der Waals surface area contributed by atoms with Gasteiger partial charge in [-0.3, -0.25) is 4.79 Å². The number of nitrogens with one attached hydrogen (secondary N) is 1. The van der Waals surface area contributed by atoms with Crippen molar-refractivity contribution in [2.75, 3.05) is 25.0 Å². The monoisotopic (exact) mass is 332 g/mol. The lowest BCUT2D eigenvalue weighted by molar-refractivity contribution is -0.141. The third-order valence-corrected chi connectivity index (χ3v) is 4.66. The molecule has 1 N–H and O–H groups in total. The smallest absolute Gasteiger partial charge is 0.242 e. The highest BCUT2D eigenvalue weighted by Gasteiger charge is 2.25. The molecule has 0 spiro atoms.